The summed E-state index contributed by atoms with van der Waals surface area (Å²) < 4.78 is 19.8. The second-order valence-electron chi connectivity index (χ2n) is 4.16. The van der Waals surface area contributed by atoms with E-state index in [0.29, 0.717) is 18.1 Å². The molecule has 88 valence electrons. The zero-order valence-electron chi connectivity index (χ0n) is 8.76. The van der Waals surface area contributed by atoms with Crippen LogP contribution in [0.15, 0.2) is 22.7 Å². The Bertz CT molecular complexity index is 370. The average molecular weight is 352 g/mol. The number of benzene rings is 1. The van der Waals surface area contributed by atoms with E-state index < -0.39 is 0 Å². The van der Waals surface area contributed by atoms with E-state index in [1.54, 1.807) is 12.1 Å². The van der Waals surface area contributed by atoms with Crippen LogP contribution in [0.25, 0.3) is 0 Å². The molecule has 1 fully saturated rings. The monoisotopic (exact) mass is 350 g/mol. The van der Waals surface area contributed by atoms with Gasteiger partial charge in [-0.05, 0) is 36.5 Å². The van der Waals surface area contributed by atoms with Crippen LogP contribution in [0, 0.1) is 17.7 Å². The van der Waals surface area contributed by atoms with E-state index in [1.165, 1.54) is 12.5 Å². The first kappa shape index (κ1) is 12.5. The fourth-order valence-corrected chi connectivity index (χ4v) is 2.88. The molecule has 2 rings (SSSR count). The third-order valence-electron chi connectivity index (χ3n) is 2.86. The summed E-state index contributed by atoms with van der Waals surface area (Å²) in [6, 6.07) is 4.92. The lowest BCUT2D eigenvalue weighted by Crippen LogP contribution is -2.01. The summed E-state index contributed by atoms with van der Waals surface area (Å²) in [4.78, 5) is 0. The molecule has 0 spiro atoms. The highest BCUT2D eigenvalue weighted by atomic mass is 79.9. The summed E-state index contributed by atoms with van der Waals surface area (Å²) in [6.45, 7) is 1.10. The second kappa shape index (κ2) is 5.61. The molecule has 1 aromatic carbocycles. The lowest BCUT2D eigenvalue weighted by molar-refractivity contribution is 0.106. The zero-order chi connectivity index (χ0) is 11.5. The summed E-state index contributed by atoms with van der Waals surface area (Å²) in [6.07, 6.45) is 1.23. The van der Waals surface area contributed by atoms with Gasteiger partial charge in [0, 0.05) is 15.4 Å². The lowest BCUT2D eigenvalue weighted by Gasteiger charge is -2.05. The fourth-order valence-electron chi connectivity index (χ4n) is 1.68. The molecule has 1 saturated carbocycles. The van der Waals surface area contributed by atoms with Crippen molar-refractivity contribution in [1.82, 2.24) is 0 Å². The largest absolute Gasteiger partial charge is 0.376 e. The summed E-state index contributed by atoms with van der Waals surface area (Å²) in [7, 11) is 0. The Hall–Kier alpha value is 0.0700. The van der Waals surface area contributed by atoms with Crippen LogP contribution in [0.5, 0.6) is 0 Å². The molecule has 1 aromatic rings. The first-order valence-corrected chi connectivity index (χ1v) is 7.19. The fraction of sp³-hybridized carbons (Fsp3) is 0.500. The molecule has 0 aliphatic heterocycles. The summed E-state index contributed by atoms with van der Waals surface area (Å²) in [5.74, 6) is 1.22. The standard InChI is InChI=1S/C12H13Br2FO/c13-5-8-3-9(8)6-16-7-10-4-11(14)1-2-12(10)15/h1-2,4,8-9H,3,5-7H2. The molecule has 4 heteroatoms. The van der Waals surface area contributed by atoms with Crippen LogP contribution in [0.2, 0.25) is 0 Å². The number of hydrogen-bond acceptors (Lipinski definition) is 1. The van der Waals surface area contributed by atoms with E-state index in [1.807, 2.05) is 0 Å². The van der Waals surface area contributed by atoms with E-state index in [-0.39, 0.29) is 5.82 Å². The Balaban J connectivity index is 1.79. The summed E-state index contributed by atoms with van der Waals surface area (Å²) >= 11 is 6.77. The van der Waals surface area contributed by atoms with Crippen LogP contribution >= 0.6 is 31.9 Å². The van der Waals surface area contributed by atoms with Gasteiger partial charge in [0.2, 0.25) is 0 Å². The predicted molar refractivity (Wildman–Crippen MR) is 69.1 cm³/mol. The number of ether oxygens (including phenoxy) is 1. The third kappa shape index (κ3) is 3.28. The number of alkyl halides is 1. The van der Waals surface area contributed by atoms with Gasteiger partial charge in [-0.1, -0.05) is 31.9 Å². The van der Waals surface area contributed by atoms with Gasteiger partial charge in [0.15, 0.2) is 0 Å². The molecule has 0 heterocycles. The highest BCUT2D eigenvalue weighted by molar-refractivity contribution is 9.10. The van der Waals surface area contributed by atoms with Gasteiger partial charge >= 0.3 is 0 Å². The van der Waals surface area contributed by atoms with Crippen molar-refractivity contribution in [2.45, 2.75) is 13.0 Å². The molecule has 0 aromatic heterocycles. The normalized spacial score (nSPS) is 23.4. The van der Waals surface area contributed by atoms with Gasteiger partial charge in [-0.2, -0.15) is 0 Å². The van der Waals surface area contributed by atoms with Crippen molar-refractivity contribution in [3.63, 3.8) is 0 Å². The molecular weight excluding hydrogens is 339 g/mol. The minimum atomic E-state index is -0.198. The van der Waals surface area contributed by atoms with Crippen molar-refractivity contribution in [3.05, 3.63) is 34.1 Å². The molecule has 16 heavy (non-hydrogen) atoms. The maximum atomic E-state index is 13.3. The van der Waals surface area contributed by atoms with Crippen molar-refractivity contribution < 1.29 is 9.13 Å². The van der Waals surface area contributed by atoms with Crippen LogP contribution in [0.4, 0.5) is 4.39 Å². The number of halogens is 3. The molecule has 0 amide bonds. The lowest BCUT2D eigenvalue weighted by atomic mass is 10.2. The maximum absolute atomic E-state index is 13.3. The van der Waals surface area contributed by atoms with Gasteiger partial charge in [-0.15, -0.1) is 0 Å². The molecule has 2 atom stereocenters. The number of rotatable bonds is 5. The minimum Gasteiger partial charge on any atom is -0.376 e. The molecule has 0 N–H and O–H groups in total. The molecule has 0 saturated heterocycles. The van der Waals surface area contributed by atoms with Crippen molar-refractivity contribution in [3.8, 4) is 0 Å². The van der Waals surface area contributed by atoms with E-state index in [0.717, 1.165) is 22.3 Å². The summed E-state index contributed by atoms with van der Waals surface area (Å²) in [5, 5.41) is 1.05. The van der Waals surface area contributed by atoms with Gasteiger partial charge < -0.3 is 4.74 Å². The van der Waals surface area contributed by atoms with Crippen LogP contribution in [-0.2, 0) is 11.3 Å². The smallest absolute Gasteiger partial charge is 0.128 e. The molecule has 0 radical (unpaired) electrons. The van der Waals surface area contributed by atoms with Crippen LogP contribution in [0.3, 0.4) is 0 Å². The van der Waals surface area contributed by atoms with E-state index in [9.17, 15) is 4.39 Å². The van der Waals surface area contributed by atoms with Crippen LogP contribution < -0.4 is 0 Å². The van der Waals surface area contributed by atoms with Gasteiger partial charge in [-0.3, -0.25) is 0 Å². The maximum Gasteiger partial charge on any atom is 0.128 e. The molecular formula is C12H13Br2FO. The molecule has 1 aliphatic carbocycles. The highest BCUT2D eigenvalue weighted by Crippen LogP contribution is 2.39. The molecule has 2 unspecified atom stereocenters. The molecule has 1 aliphatic rings. The topological polar surface area (TPSA) is 9.23 Å². The minimum absolute atomic E-state index is 0.198. The quantitative estimate of drug-likeness (QED) is 0.724. The SMILES string of the molecule is Fc1ccc(Br)cc1COCC1CC1CBr. The van der Waals surface area contributed by atoms with Crippen LogP contribution in [-0.4, -0.2) is 11.9 Å². The Morgan fingerprint density at radius 2 is 2.19 bits per heavy atom. The zero-order valence-corrected chi connectivity index (χ0v) is 11.9. The number of hydrogen-bond donors (Lipinski definition) is 0. The first-order chi connectivity index (χ1) is 7.70. The second-order valence-corrected chi connectivity index (χ2v) is 5.72. The van der Waals surface area contributed by atoms with Gasteiger partial charge in [0.05, 0.1) is 13.2 Å². The van der Waals surface area contributed by atoms with Crippen LogP contribution in [0.1, 0.15) is 12.0 Å². The van der Waals surface area contributed by atoms with Crippen molar-refractivity contribution >= 4 is 31.9 Å². The highest BCUT2D eigenvalue weighted by Gasteiger charge is 2.35. The Morgan fingerprint density at radius 3 is 2.88 bits per heavy atom. The van der Waals surface area contributed by atoms with Crippen molar-refractivity contribution in [2.75, 3.05) is 11.9 Å². The summed E-state index contributed by atoms with van der Waals surface area (Å²) in [5.41, 5.74) is 0.616. The Kier molecular flexibility index (Phi) is 4.39. The van der Waals surface area contributed by atoms with E-state index >= 15 is 0 Å². The third-order valence-corrected chi connectivity index (χ3v) is 4.19. The van der Waals surface area contributed by atoms with Crippen molar-refractivity contribution in [1.29, 1.82) is 0 Å². The molecule has 1 nitrogen and oxygen atoms in total. The Morgan fingerprint density at radius 1 is 1.38 bits per heavy atom. The van der Waals surface area contributed by atoms with E-state index in [2.05, 4.69) is 31.9 Å². The first-order valence-electron chi connectivity index (χ1n) is 5.28. The predicted octanol–water partition coefficient (Wildman–Crippen LogP) is 4.14. The van der Waals surface area contributed by atoms with E-state index in [4.69, 9.17) is 4.74 Å². The van der Waals surface area contributed by atoms with Gasteiger partial charge in [0.25, 0.3) is 0 Å². The van der Waals surface area contributed by atoms with Gasteiger partial charge in [0.1, 0.15) is 5.82 Å². The molecule has 0 bridgehead atoms. The average Bonchev–Trinajstić information content (AvgIpc) is 3.02. The van der Waals surface area contributed by atoms with Crippen molar-refractivity contribution in [2.24, 2.45) is 11.8 Å². The Labute approximate surface area is 112 Å². The van der Waals surface area contributed by atoms with Gasteiger partial charge in [-0.25, -0.2) is 4.39 Å².